The lowest BCUT2D eigenvalue weighted by Crippen LogP contribution is -2.51. The first-order chi connectivity index (χ1) is 23.5. The van der Waals surface area contributed by atoms with Gasteiger partial charge >= 0.3 is 10.2 Å². The van der Waals surface area contributed by atoms with Crippen molar-refractivity contribution < 1.29 is 34.1 Å². The number of carbonyl (C=O) groups excluding carboxylic acids is 2. The zero-order chi connectivity index (χ0) is 35.9. The van der Waals surface area contributed by atoms with Gasteiger partial charge in [-0.1, -0.05) is 38.8 Å². The van der Waals surface area contributed by atoms with Crippen LogP contribution in [0.25, 0.3) is 11.4 Å². The lowest BCUT2D eigenvalue weighted by Gasteiger charge is -2.40. The highest BCUT2D eigenvalue weighted by molar-refractivity contribution is 8.45. The molecular weight excluding hydrogens is 687 g/mol. The minimum Gasteiger partial charge on any atom is -0.505 e. The maximum Gasteiger partial charge on any atom is 0.310 e. The fraction of sp³-hybridized carbons (Fsp3) is 0.375. The highest BCUT2D eigenvalue weighted by Crippen LogP contribution is 3.02. The van der Waals surface area contributed by atoms with E-state index in [9.17, 15) is 38.9 Å². The van der Waals surface area contributed by atoms with Crippen molar-refractivity contribution in [2.24, 2.45) is 0 Å². The van der Waals surface area contributed by atoms with Gasteiger partial charge in [-0.2, -0.15) is 9.50 Å². The van der Waals surface area contributed by atoms with Gasteiger partial charge in [-0.05, 0) is 68.0 Å². The molecule has 0 bridgehead atoms. The molecule has 0 atom stereocenters. The van der Waals surface area contributed by atoms with Gasteiger partial charge in [-0.3, -0.25) is 19.4 Å². The smallest absolute Gasteiger partial charge is 0.310 e. The molecule has 3 aromatic heterocycles. The molecule has 1 aliphatic carbocycles. The number of hydrogen-bond acceptors (Lipinski definition) is 8. The van der Waals surface area contributed by atoms with Gasteiger partial charge in [0.05, 0.1) is 17.5 Å². The van der Waals surface area contributed by atoms with E-state index in [-0.39, 0.29) is 73.2 Å². The van der Waals surface area contributed by atoms with E-state index in [1.165, 1.54) is 23.0 Å². The molecule has 2 amide bonds. The number of halogens is 5. The minimum absolute atomic E-state index is 0.0872. The van der Waals surface area contributed by atoms with Gasteiger partial charge in [0.15, 0.2) is 5.82 Å². The largest absolute Gasteiger partial charge is 0.505 e. The average molecular weight is 723 g/mol. The zero-order valence-corrected chi connectivity index (χ0v) is 27.8. The summed E-state index contributed by atoms with van der Waals surface area (Å²) < 4.78 is 68.8. The molecule has 0 unspecified atom stereocenters. The monoisotopic (exact) mass is 722 g/mol. The van der Waals surface area contributed by atoms with Gasteiger partial charge < -0.3 is 24.8 Å². The molecule has 2 N–H and O–H groups in total. The first-order valence-corrected chi connectivity index (χ1v) is 18.0. The number of allylic oxidation sites excluding steroid dienone is 2. The molecular formula is C32H35F5N8O4S. The van der Waals surface area contributed by atoms with Crippen molar-refractivity contribution in [3.8, 4) is 5.75 Å². The summed E-state index contributed by atoms with van der Waals surface area (Å²) in [5, 5.41) is 17.2. The zero-order valence-electron chi connectivity index (χ0n) is 27.0. The molecule has 0 spiro atoms. The van der Waals surface area contributed by atoms with E-state index in [1.807, 2.05) is 6.08 Å². The Balaban J connectivity index is 1.34. The third-order valence-corrected chi connectivity index (χ3v) is 9.95. The van der Waals surface area contributed by atoms with E-state index >= 15 is 0 Å². The second-order valence-corrected chi connectivity index (χ2v) is 14.6. The summed E-state index contributed by atoms with van der Waals surface area (Å²) in [7, 11) is -9.90. The number of anilines is 2. The van der Waals surface area contributed by atoms with E-state index in [4.69, 9.17) is 0 Å². The molecule has 12 nitrogen and oxygen atoms in total. The molecule has 268 valence electrons. The SMILES string of the molecule is CCc1c(N2CCN(C(=O)c3ccncc3O)CC2)c(=O)n2nc(C3=CCCCCC3)nc2n1CC(=O)Nc1ccc(S(F)(F)(F)(F)F)cc1. The summed E-state index contributed by atoms with van der Waals surface area (Å²) in [5.74, 6) is -0.917. The van der Waals surface area contributed by atoms with Gasteiger partial charge in [-0.15, -0.1) is 5.10 Å². The van der Waals surface area contributed by atoms with Crippen LogP contribution in [-0.2, 0) is 17.8 Å². The van der Waals surface area contributed by atoms with Gasteiger partial charge in [-0.25, -0.2) is 0 Å². The van der Waals surface area contributed by atoms with Crippen LogP contribution in [-0.4, -0.2) is 72.1 Å². The molecule has 4 aromatic rings. The second kappa shape index (κ2) is 12.4. The van der Waals surface area contributed by atoms with Gasteiger partial charge in [0.2, 0.25) is 11.7 Å². The third kappa shape index (κ3) is 7.15. The van der Waals surface area contributed by atoms with Crippen LogP contribution in [0.15, 0.2) is 58.5 Å². The Hall–Kier alpha value is -5.00. The molecule has 6 rings (SSSR count). The fourth-order valence-corrected chi connectivity index (χ4v) is 6.94. The first-order valence-electron chi connectivity index (χ1n) is 16.1. The van der Waals surface area contributed by atoms with Gasteiger partial charge in [0.1, 0.15) is 22.9 Å². The van der Waals surface area contributed by atoms with E-state index in [0.717, 1.165) is 47.9 Å². The molecule has 18 heteroatoms. The summed E-state index contributed by atoms with van der Waals surface area (Å²) in [5.41, 5.74) is 1.05. The maximum atomic E-state index is 14.2. The summed E-state index contributed by atoms with van der Waals surface area (Å²) in [6.45, 7) is 2.27. The number of nitrogens with one attached hydrogen (secondary N) is 1. The van der Waals surface area contributed by atoms with Crippen molar-refractivity contribution in [1.82, 2.24) is 29.0 Å². The first kappa shape index (κ1) is 34.8. The lowest BCUT2D eigenvalue weighted by molar-refractivity contribution is -0.116. The number of hydrogen-bond donors (Lipinski definition) is 2. The highest BCUT2D eigenvalue weighted by atomic mass is 32.5. The molecule has 1 saturated heterocycles. The quantitative estimate of drug-likeness (QED) is 0.207. The normalized spacial score (nSPS) is 17.1. The number of carbonyl (C=O) groups is 2. The Bertz CT molecular complexity index is 2060. The number of piperazine rings is 1. The summed E-state index contributed by atoms with van der Waals surface area (Å²) in [4.78, 5) is 50.4. The fourth-order valence-electron chi connectivity index (χ4n) is 6.29. The number of aromatic nitrogens is 5. The second-order valence-electron chi connectivity index (χ2n) is 12.2. The molecule has 1 fully saturated rings. The minimum atomic E-state index is -9.90. The Kier molecular flexibility index (Phi) is 8.64. The van der Waals surface area contributed by atoms with E-state index in [1.54, 1.807) is 16.7 Å². The van der Waals surface area contributed by atoms with Crippen molar-refractivity contribution in [2.75, 3.05) is 36.4 Å². The van der Waals surface area contributed by atoms with E-state index in [2.05, 4.69) is 20.4 Å². The molecule has 1 aromatic carbocycles. The molecule has 50 heavy (non-hydrogen) atoms. The number of fused-ring (bicyclic) bond motifs is 1. The Morgan fingerprint density at radius 2 is 1.70 bits per heavy atom. The molecule has 4 heterocycles. The molecule has 0 radical (unpaired) electrons. The van der Waals surface area contributed by atoms with Crippen LogP contribution in [0.2, 0.25) is 0 Å². The topological polar surface area (TPSA) is 138 Å². The van der Waals surface area contributed by atoms with Crippen molar-refractivity contribution in [3.05, 3.63) is 76.2 Å². The predicted octanol–water partition coefficient (Wildman–Crippen LogP) is 6.16. The Labute approximate surface area is 283 Å². The Morgan fingerprint density at radius 3 is 2.36 bits per heavy atom. The Morgan fingerprint density at radius 1 is 0.980 bits per heavy atom. The van der Waals surface area contributed by atoms with Crippen LogP contribution in [0.4, 0.5) is 30.8 Å². The third-order valence-electron chi connectivity index (χ3n) is 8.79. The molecule has 0 saturated carbocycles. The highest BCUT2D eigenvalue weighted by Gasteiger charge is 2.65. The van der Waals surface area contributed by atoms with E-state index in [0.29, 0.717) is 17.9 Å². The van der Waals surface area contributed by atoms with Crippen LogP contribution in [0, 0.1) is 0 Å². The summed E-state index contributed by atoms with van der Waals surface area (Å²) >= 11 is 0. The number of nitrogens with zero attached hydrogens (tertiary/aromatic N) is 7. The van der Waals surface area contributed by atoms with Crippen molar-refractivity contribution in [3.63, 3.8) is 0 Å². The van der Waals surface area contributed by atoms with Crippen LogP contribution in [0.1, 0.15) is 60.9 Å². The van der Waals surface area contributed by atoms with E-state index < -0.39 is 39.0 Å². The average Bonchev–Trinajstić information content (AvgIpc) is 3.33. The van der Waals surface area contributed by atoms with Crippen LogP contribution < -0.4 is 15.8 Å². The lowest BCUT2D eigenvalue weighted by atomic mass is 10.1. The van der Waals surface area contributed by atoms with Crippen LogP contribution in [0.5, 0.6) is 5.75 Å². The number of benzene rings is 1. The predicted molar refractivity (Wildman–Crippen MR) is 178 cm³/mol. The van der Waals surface area contributed by atoms with Crippen molar-refractivity contribution in [2.45, 2.75) is 56.9 Å². The van der Waals surface area contributed by atoms with Crippen molar-refractivity contribution in [1.29, 1.82) is 0 Å². The van der Waals surface area contributed by atoms with Crippen molar-refractivity contribution >= 4 is 44.8 Å². The van der Waals surface area contributed by atoms with Gasteiger partial charge in [0, 0.05) is 38.1 Å². The number of amides is 2. The van der Waals surface area contributed by atoms with Crippen LogP contribution in [0.3, 0.4) is 0 Å². The number of pyridine rings is 1. The van der Waals surface area contributed by atoms with Gasteiger partial charge in [0.25, 0.3) is 11.5 Å². The number of rotatable bonds is 8. The standard InChI is InChI=1S/C32H35F5N8O4S/c1-2-25-28(42-15-17-43(18-16-42)30(48)24-13-14-38-19-26(24)46)31(49)45-32(40-29(41-45)21-7-5-3-4-6-8-21)44(25)20-27(47)39-22-9-11-23(12-10-22)50(33,34,35,36)37/h7,9-14,19,46H,2-6,8,15-18,20H2,1H3,(H,39,47). The maximum absolute atomic E-state index is 14.2. The van der Waals surface area contributed by atoms with Crippen LogP contribution >= 0.6 is 10.2 Å². The summed E-state index contributed by atoms with van der Waals surface area (Å²) in [6, 6.07) is 3.35. The molecule has 2 aliphatic rings. The number of aromatic hydroxyl groups is 1. The summed E-state index contributed by atoms with van der Waals surface area (Å²) in [6.07, 6.45) is 9.37. The molecule has 1 aliphatic heterocycles.